The van der Waals surface area contributed by atoms with Crippen molar-refractivity contribution in [1.82, 2.24) is 4.98 Å². The second-order valence-electron chi connectivity index (χ2n) is 5.95. The number of nitrogens with zero attached hydrogens (tertiary/aromatic N) is 1. The minimum atomic E-state index is 0.137. The molecule has 2 aliphatic rings. The zero-order valence-electron chi connectivity index (χ0n) is 12.7. The number of nitrogens with one attached hydrogen (secondary N) is 1. The van der Waals surface area contributed by atoms with Crippen molar-refractivity contribution in [3.05, 3.63) is 53.9 Å². The largest absolute Gasteiger partial charge is 0.497 e. The number of methoxy groups -OCH3 is 1. The number of rotatable bonds is 2. The van der Waals surface area contributed by atoms with E-state index < -0.39 is 0 Å². The second kappa shape index (κ2) is 5.61. The molecule has 4 rings (SSSR count). The molecule has 0 aliphatic carbocycles. The van der Waals surface area contributed by atoms with Crippen LogP contribution in [0.2, 0.25) is 0 Å². The number of benzene rings is 1. The molecule has 0 spiro atoms. The number of fused-ring (bicyclic) bond motifs is 3. The first kappa shape index (κ1) is 13.6. The fourth-order valence-electron chi connectivity index (χ4n) is 3.68. The van der Waals surface area contributed by atoms with Crippen LogP contribution in [0.15, 0.2) is 42.7 Å². The lowest BCUT2D eigenvalue weighted by Gasteiger charge is -2.43. The number of aromatic nitrogens is 1. The van der Waals surface area contributed by atoms with E-state index in [9.17, 15) is 0 Å². The first-order valence-electron chi connectivity index (χ1n) is 7.83. The van der Waals surface area contributed by atoms with Gasteiger partial charge >= 0.3 is 0 Å². The molecule has 3 atom stereocenters. The Kier molecular flexibility index (Phi) is 3.47. The smallest absolute Gasteiger partial charge is 0.119 e. The highest BCUT2D eigenvalue weighted by Gasteiger charge is 2.39. The van der Waals surface area contributed by atoms with Gasteiger partial charge in [-0.2, -0.15) is 0 Å². The molecule has 4 nitrogen and oxygen atoms in total. The van der Waals surface area contributed by atoms with E-state index in [0.29, 0.717) is 5.92 Å². The third kappa shape index (κ3) is 2.24. The van der Waals surface area contributed by atoms with Crippen molar-refractivity contribution in [2.24, 2.45) is 5.92 Å². The summed E-state index contributed by atoms with van der Waals surface area (Å²) in [7, 11) is 1.71. The van der Waals surface area contributed by atoms with Gasteiger partial charge in [0.2, 0.25) is 0 Å². The lowest BCUT2D eigenvalue weighted by Crippen LogP contribution is -2.36. The standard InChI is InChI=1S/C18H20N2O2/c1-21-13-4-5-16-15(11-13)18-14(3-2-10-22-18)17(20-16)12-6-8-19-9-7-12/h4-9,11,14,17-18,20H,2-3,10H2,1H3. The summed E-state index contributed by atoms with van der Waals surface area (Å²) >= 11 is 0. The molecule has 2 aliphatic heterocycles. The highest BCUT2D eigenvalue weighted by atomic mass is 16.5. The average molecular weight is 296 g/mol. The normalized spacial score (nSPS) is 26.5. The average Bonchev–Trinajstić information content (AvgIpc) is 2.61. The molecule has 0 saturated carbocycles. The molecule has 3 unspecified atom stereocenters. The Bertz CT molecular complexity index is 659. The zero-order chi connectivity index (χ0) is 14.9. The Morgan fingerprint density at radius 2 is 2.09 bits per heavy atom. The Morgan fingerprint density at radius 1 is 1.23 bits per heavy atom. The van der Waals surface area contributed by atoms with E-state index in [2.05, 4.69) is 34.6 Å². The van der Waals surface area contributed by atoms with E-state index in [1.165, 1.54) is 17.5 Å². The maximum absolute atomic E-state index is 6.15. The molecule has 1 saturated heterocycles. The van der Waals surface area contributed by atoms with Gasteiger partial charge < -0.3 is 14.8 Å². The monoisotopic (exact) mass is 296 g/mol. The van der Waals surface area contributed by atoms with Crippen LogP contribution in [0.4, 0.5) is 5.69 Å². The summed E-state index contributed by atoms with van der Waals surface area (Å²) in [6.07, 6.45) is 6.14. The van der Waals surface area contributed by atoms with Gasteiger partial charge in [-0.1, -0.05) is 0 Å². The van der Waals surface area contributed by atoms with Crippen LogP contribution in [0.5, 0.6) is 5.75 Å². The van der Waals surface area contributed by atoms with Crippen molar-refractivity contribution in [2.45, 2.75) is 25.0 Å². The van der Waals surface area contributed by atoms with Gasteiger partial charge in [0.25, 0.3) is 0 Å². The van der Waals surface area contributed by atoms with Crippen LogP contribution in [-0.2, 0) is 4.74 Å². The number of pyridine rings is 1. The molecular weight excluding hydrogens is 276 g/mol. The fraction of sp³-hybridized carbons (Fsp3) is 0.389. The van der Waals surface area contributed by atoms with Gasteiger partial charge in [-0.3, -0.25) is 4.98 Å². The van der Waals surface area contributed by atoms with Gasteiger partial charge in [-0.25, -0.2) is 0 Å². The van der Waals surface area contributed by atoms with Crippen molar-refractivity contribution in [2.75, 3.05) is 19.0 Å². The Labute approximate surface area is 130 Å². The molecule has 2 aromatic rings. The summed E-state index contributed by atoms with van der Waals surface area (Å²) in [6.45, 7) is 0.834. The SMILES string of the molecule is COc1ccc2c(c1)C1OCCCC1C(c1ccncc1)N2. The summed E-state index contributed by atoms with van der Waals surface area (Å²) in [5.74, 6) is 1.33. The molecule has 0 radical (unpaired) electrons. The lowest BCUT2D eigenvalue weighted by atomic mass is 9.77. The number of hydrogen-bond acceptors (Lipinski definition) is 4. The van der Waals surface area contributed by atoms with Crippen molar-refractivity contribution in [3.63, 3.8) is 0 Å². The van der Waals surface area contributed by atoms with Crippen LogP contribution in [-0.4, -0.2) is 18.7 Å². The van der Waals surface area contributed by atoms with Crippen molar-refractivity contribution in [1.29, 1.82) is 0 Å². The van der Waals surface area contributed by atoms with Gasteiger partial charge in [0.05, 0.1) is 19.3 Å². The predicted octanol–water partition coefficient (Wildman–Crippen LogP) is 3.72. The van der Waals surface area contributed by atoms with Crippen molar-refractivity contribution >= 4 is 5.69 Å². The third-order valence-electron chi connectivity index (χ3n) is 4.74. The van der Waals surface area contributed by atoms with Crippen molar-refractivity contribution < 1.29 is 9.47 Å². The summed E-state index contributed by atoms with van der Waals surface area (Å²) in [6, 6.07) is 10.7. The molecule has 0 amide bonds. The maximum Gasteiger partial charge on any atom is 0.119 e. The molecule has 1 aromatic carbocycles. The molecule has 0 bridgehead atoms. The highest BCUT2D eigenvalue weighted by molar-refractivity contribution is 5.59. The third-order valence-corrected chi connectivity index (χ3v) is 4.74. The van der Waals surface area contributed by atoms with Gasteiger partial charge in [0.1, 0.15) is 5.75 Å². The van der Waals surface area contributed by atoms with Crippen LogP contribution in [0.3, 0.4) is 0 Å². The quantitative estimate of drug-likeness (QED) is 0.917. The van der Waals surface area contributed by atoms with Gasteiger partial charge in [-0.05, 0) is 48.7 Å². The van der Waals surface area contributed by atoms with E-state index in [-0.39, 0.29) is 12.1 Å². The second-order valence-corrected chi connectivity index (χ2v) is 5.95. The minimum Gasteiger partial charge on any atom is -0.497 e. The molecule has 1 aromatic heterocycles. The van der Waals surface area contributed by atoms with E-state index >= 15 is 0 Å². The zero-order valence-corrected chi connectivity index (χ0v) is 12.7. The number of anilines is 1. The first-order chi connectivity index (χ1) is 10.9. The fourth-order valence-corrected chi connectivity index (χ4v) is 3.68. The highest BCUT2D eigenvalue weighted by Crippen LogP contribution is 2.49. The van der Waals surface area contributed by atoms with E-state index in [1.54, 1.807) is 7.11 Å². The van der Waals surface area contributed by atoms with Crippen LogP contribution >= 0.6 is 0 Å². The Morgan fingerprint density at radius 3 is 2.91 bits per heavy atom. The van der Waals surface area contributed by atoms with Crippen molar-refractivity contribution in [3.8, 4) is 5.75 Å². The molecular formula is C18H20N2O2. The lowest BCUT2D eigenvalue weighted by molar-refractivity contribution is -0.0382. The topological polar surface area (TPSA) is 43.4 Å². The number of hydrogen-bond donors (Lipinski definition) is 1. The summed E-state index contributed by atoms with van der Waals surface area (Å²) in [5.41, 5.74) is 3.64. The molecule has 1 fully saturated rings. The van der Waals surface area contributed by atoms with E-state index in [1.807, 2.05) is 18.5 Å². The van der Waals surface area contributed by atoms with Gasteiger partial charge in [0, 0.05) is 36.2 Å². The molecule has 22 heavy (non-hydrogen) atoms. The van der Waals surface area contributed by atoms with Crippen LogP contribution in [0.25, 0.3) is 0 Å². The number of ether oxygens (including phenoxy) is 2. The summed E-state index contributed by atoms with van der Waals surface area (Å²) in [4.78, 5) is 4.14. The van der Waals surface area contributed by atoms with Crippen LogP contribution in [0, 0.1) is 5.92 Å². The predicted molar refractivity (Wildman–Crippen MR) is 85.0 cm³/mol. The van der Waals surface area contributed by atoms with E-state index in [4.69, 9.17) is 9.47 Å². The molecule has 3 heterocycles. The van der Waals surface area contributed by atoms with Crippen LogP contribution in [0.1, 0.15) is 36.1 Å². The Hall–Kier alpha value is -2.07. The van der Waals surface area contributed by atoms with Crippen LogP contribution < -0.4 is 10.1 Å². The Balaban J connectivity index is 1.77. The van der Waals surface area contributed by atoms with Gasteiger partial charge in [-0.15, -0.1) is 0 Å². The minimum absolute atomic E-state index is 0.137. The van der Waals surface area contributed by atoms with Gasteiger partial charge in [0.15, 0.2) is 0 Å². The molecule has 4 heteroatoms. The summed E-state index contributed by atoms with van der Waals surface area (Å²) < 4.78 is 11.5. The molecule has 114 valence electrons. The maximum atomic E-state index is 6.15. The van der Waals surface area contributed by atoms with E-state index in [0.717, 1.165) is 24.5 Å². The molecule has 1 N–H and O–H groups in total. The first-order valence-corrected chi connectivity index (χ1v) is 7.83. The summed E-state index contributed by atoms with van der Waals surface area (Å²) in [5, 5.41) is 3.70.